The van der Waals surface area contributed by atoms with Crippen LogP contribution in [0, 0.1) is 0 Å². The number of hydrogen-bond acceptors (Lipinski definition) is 3. The van der Waals surface area contributed by atoms with E-state index in [0.717, 1.165) is 49.7 Å². The SMILES string of the molecule is [2H]C([2H])(c1ccccc1)c1ccc2c(n1)oc1c(-c3nc4ccc5ccccc5c4n3-c3c(C(C)C)cccc3C(C)C)cccc12. The molecule has 0 aliphatic carbocycles. The predicted molar refractivity (Wildman–Crippen MR) is 187 cm³/mol. The van der Waals surface area contributed by atoms with Crippen molar-refractivity contribution in [2.24, 2.45) is 0 Å². The smallest absolute Gasteiger partial charge is 0.227 e. The fourth-order valence-electron chi connectivity index (χ4n) is 6.60. The van der Waals surface area contributed by atoms with Crippen molar-refractivity contribution in [3.63, 3.8) is 0 Å². The van der Waals surface area contributed by atoms with Crippen LogP contribution < -0.4 is 0 Å². The van der Waals surface area contributed by atoms with Crippen LogP contribution in [0.15, 0.2) is 120 Å². The second kappa shape index (κ2) is 10.7. The van der Waals surface area contributed by atoms with Gasteiger partial charge >= 0.3 is 0 Å². The lowest BCUT2D eigenvalue weighted by atomic mass is 9.92. The van der Waals surface area contributed by atoms with E-state index in [1.807, 2.05) is 36.4 Å². The summed E-state index contributed by atoms with van der Waals surface area (Å²) >= 11 is 0. The zero-order valence-corrected chi connectivity index (χ0v) is 25.9. The number of imidazole rings is 1. The number of benzene rings is 5. The molecule has 45 heavy (non-hydrogen) atoms. The van der Waals surface area contributed by atoms with Crippen molar-refractivity contribution in [3.8, 4) is 17.1 Å². The molecule has 0 saturated heterocycles. The summed E-state index contributed by atoms with van der Waals surface area (Å²) in [7, 11) is 0. The Labute approximate surface area is 265 Å². The topological polar surface area (TPSA) is 43.9 Å². The van der Waals surface area contributed by atoms with Crippen LogP contribution in [0.2, 0.25) is 0 Å². The molecule has 0 fully saturated rings. The average Bonchev–Trinajstić information content (AvgIpc) is 3.66. The zero-order chi connectivity index (χ0) is 32.4. The number of nitrogens with zero attached hydrogens (tertiary/aromatic N) is 3. The lowest BCUT2D eigenvalue weighted by Crippen LogP contribution is -2.08. The van der Waals surface area contributed by atoms with Crippen molar-refractivity contribution >= 4 is 43.9 Å². The molecule has 4 heteroatoms. The summed E-state index contributed by atoms with van der Waals surface area (Å²) in [6.45, 7) is 8.99. The normalized spacial score (nSPS) is 13.0. The number of para-hydroxylation sites is 2. The van der Waals surface area contributed by atoms with Crippen molar-refractivity contribution in [1.29, 1.82) is 0 Å². The Kier molecular flexibility index (Phi) is 6.00. The first kappa shape index (κ1) is 25.1. The van der Waals surface area contributed by atoms with Gasteiger partial charge in [-0.2, -0.15) is 0 Å². The number of furan rings is 1. The van der Waals surface area contributed by atoms with Gasteiger partial charge in [0.25, 0.3) is 0 Å². The van der Waals surface area contributed by atoms with Crippen molar-refractivity contribution in [1.82, 2.24) is 14.5 Å². The third kappa shape index (κ3) is 4.52. The molecule has 0 spiro atoms. The first-order chi connectivity index (χ1) is 22.7. The molecule has 0 aliphatic heterocycles. The first-order valence-electron chi connectivity index (χ1n) is 16.7. The molecule has 0 radical (unpaired) electrons. The molecule has 4 nitrogen and oxygen atoms in total. The number of pyridine rings is 1. The van der Waals surface area contributed by atoms with Crippen LogP contribution in [0.3, 0.4) is 0 Å². The second-order valence-electron chi connectivity index (χ2n) is 12.3. The summed E-state index contributed by atoms with van der Waals surface area (Å²) < 4.78 is 26.8. The van der Waals surface area contributed by atoms with Crippen LogP contribution in [-0.4, -0.2) is 14.5 Å². The van der Waals surface area contributed by atoms with Crippen molar-refractivity contribution < 1.29 is 7.16 Å². The molecule has 0 unspecified atom stereocenters. The fourth-order valence-corrected chi connectivity index (χ4v) is 6.60. The van der Waals surface area contributed by atoms with E-state index in [1.54, 1.807) is 18.2 Å². The van der Waals surface area contributed by atoms with Crippen LogP contribution in [0.1, 0.15) is 64.7 Å². The highest BCUT2D eigenvalue weighted by Gasteiger charge is 2.25. The molecule has 8 rings (SSSR count). The summed E-state index contributed by atoms with van der Waals surface area (Å²) in [4.78, 5) is 10.1. The molecule has 0 atom stereocenters. The van der Waals surface area contributed by atoms with Crippen LogP contribution in [-0.2, 0) is 6.37 Å². The second-order valence-corrected chi connectivity index (χ2v) is 12.3. The molecule has 0 saturated carbocycles. The Balaban J connectivity index is 1.45. The largest absolute Gasteiger partial charge is 0.437 e. The lowest BCUT2D eigenvalue weighted by Gasteiger charge is -2.23. The van der Waals surface area contributed by atoms with Gasteiger partial charge < -0.3 is 4.42 Å². The lowest BCUT2D eigenvalue weighted by molar-refractivity contribution is 0.652. The van der Waals surface area contributed by atoms with E-state index in [9.17, 15) is 0 Å². The monoisotopic (exact) mass is 587 g/mol. The maximum atomic E-state index is 8.90. The maximum absolute atomic E-state index is 8.90. The molecule has 3 heterocycles. The molecular weight excluding hydrogens is 550 g/mol. The van der Waals surface area contributed by atoms with E-state index >= 15 is 0 Å². The van der Waals surface area contributed by atoms with Gasteiger partial charge in [-0.25, -0.2) is 9.97 Å². The summed E-state index contributed by atoms with van der Waals surface area (Å²) in [5.41, 5.74) is 8.47. The third-order valence-electron chi connectivity index (χ3n) is 8.76. The van der Waals surface area contributed by atoms with Gasteiger partial charge in [0.1, 0.15) is 11.4 Å². The Morgan fingerprint density at radius 1 is 0.667 bits per heavy atom. The molecular formula is C41H35N3O. The van der Waals surface area contributed by atoms with Gasteiger partial charge in [-0.15, -0.1) is 0 Å². The van der Waals surface area contributed by atoms with Gasteiger partial charge in [0.15, 0.2) is 0 Å². The highest BCUT2D eigenvalue weighted by molar-refractivity contribution is 6.10. The molecule has 0 aliphatic rings. The van der Waals surface area contributed by atoms with Gasteiger partial charge in [-0.05, 0) is 58.2 Å². The Bertz CT molecular complexity index is 2430. The van der Waals surface area contributed by atoms with Gasteiger partial charge in [-0.3, -0.25) is 4.57 Å². The minimum Gasteiger partial charge on any atom is -0.437 e. The van der Waals surface area contributed by atoms with Gasteiger partial charge in [0, 0.05) is 31.0 Å². The summed E-state index contributed by atoms with van der Waals surface area (Å²) in [5, 5.41) is 4.06. The minimum absolute atomic E-state index is 0.285. The van der Waals surface area contributed by atoms with Crippen LogP contribution in [0.4, 0.5) is 0 Å². The molecule has 0 N–H and O–H groups in total. The first-order valence-corrected chi connectivity index (χ1v) is 15.7. The molecule has 220 valence electrons. The Hall–Kier alpha value is -5.22. The van der Waals surface area contributed by atoms with E-state index in [-0.39, 0.29) is 11.8 Å². The third-order valence-corrected chi connectivity index (χ3v) is 8.76. The predicted octanol–water partition coefficient (Wildman–Crippen LogP) is 11.0. The van der Waals surface area contributed by atoms with E-state index in [1.165, 1.54) is 11.1 Å². The molecule has 0 amide bonds. The highest BCUT2D eigenvalue weighted by atomic mass is 16.3. The van der Waals surface area contributed by atoms with Crippen molar-refractivity contribution in [3.05, 3.63) is 138 Å². The van der Waals surface area contributed by atoms with Gasteiger partial charge in [-0.1, -0.05) is 119 Å². The van der Waals surface area contributed by atoms with Gasteiger partial charge in [0.05, 0.1) is 22.3 Å². The number of rotatable bonds is 6. The van der Waals surface area contributed by atoms with Crippen molar-refractivity contribution in [2.45, 2.75) is 45.9 Å². The van der Waals surface area contributed by atoms with E-state index in [0.29, 0.717) is 22.6 Å². The summed E-state index contributed by atoms with van der Waals surface area (Å²) in [5.74, 6) is 1.37. The van der Waals surface area contributed by atoms with Crippen molar-refractivity contribution in [2.75, 3.05) is 0 Å². The zero-order valence-electron chi connectivity index (χ0n) is 27.9. The standard InChI is InChI=1S/C41H35N3O/c1-25(2)30-16-10-17-31(26(3)4)37(30)44-38-32-15-9-8-14-28(32)20-23-36(38)43-40(44)35-19-11-18-33-34-22-21-29(42-41(34)45-39(33)35)24-27-12-6-5-7-13-27/h5-23,25-26H,24H2,1-4H3/i24D2. The maximum Gasteiger partial charge on any atom is 0.227 e. The van der Waals surface area contributed by atoms with E-state index in [4.69, 9.17) is 17.1 Å². The highest BCUT2D eigenvalue weighted by Crippen LogP contribution is 2.42. The summed E-state index contributed by atoms with van der Waals surface area (Å²) in [6, 6.07) is 38.4. The molecule has 5 aromatic carbocycles. The van der Waals surface area contributed by atoms with E-state index < -0.39 is 6.37 Å². The average molecular weight is 588 g/mol. The Morgan fingerprint density at radius 3 is 2.16 bits per heavy atom. The van der Waals surface area contributed by atoms with Crippen LogP contribution in [0.25, 0.3) is 61.0 Å². The fraction of sp³-hybridized carbons (Fsp3) is 0.171. The molecule has 0 bridgehead atoms. The minimum atomic E-state index is -1.78. The number of hydrogen-bond donors (Lipinski definition) is 0. The Morgan fingerprint density at radius 2 is 1.38 bits per heavy atom. The van der Waals surface area contributed by atoms with Crippen LogP contribution in [0.5, 0.6) is 0 Å². The number of aromatic nitrogens is 3. The van der Waals surface area contributed by atoms with Crippen LogP contribution >= 0.6 is 0 Å². The van der Waals surface area contributed by atoms with Gasteiger partial charge in [0.2, 0.25) is 5.71 Å². The summed E-state index contributed by atoms with van der Waals surface area (Å²) in [6.07, 6.45) is -1.78. The molecule has 8 aromatic rings. The quantitative estimate of drug-likeness (QED) is 0.194. The molecule has 3 aromatic heterocycles. The van der Waals surface area contributed by atoms with E-state index in [2.05, 4.69) is 92.9 Å². The number of fused-ring (bicyclic) bond motifs is 6.